The number of nitrogens with zero attached hydrogens (tertiary/aromatic N) is 1. The average molecular weight is 631 g/mol. The maximum atomic E-state index is 13.7. The van der Waals surface area contributed by atoms with Crippen molar-refractivity contribution in [3.05, 3.63) is 29.8 Å². The highest BCUT2D eigenvalue weighted by atomic mass is 16.7. The highest BCUT2D eigenvalue weighted by Crippen LogP contribution is 2.43. The minimum absolute atomic E-state index is 0.164. The molecule has 0 aliphatic carbocycles. The van der Waals surface area contributed by atoms with Crippen LogP contribution < -0.4 is 10.2 Å². The van der Waals surface area contributed by atoms with E-state index in [9.17, 15) is 60.0 Å². The van der Waals surface area contributed by atoms with E-state index < -0.39 is 123 Å². The van der Waals surface area contributed by atoms with Gasteiger partial charge >= 0.3 is 11.9 Å². The molecule has 0 radical (unpaired) electrons. The third-order valence-corrected chi connectivity index (χ3v) is 7.74. The van der Waals surface area contributed by atoms with Crippen molar-refractivity contribution in [1.82, 2.24) is 5.32 Å². The van der Waals surface area contributed by atoms with Gasteiger partial charge in [0.15, 0.2) is 12.5 Å². The number of benzene rings is 1. The number of hydrogen-bond donors (Lipinski definition) is 10. The van der Waals surface area contributed by atoms with E-state index in [1.807, 2.05) is 0 Å². The summed E-state index contributed by atoms with van der Waals surface area (Å²) in [5.74, 6) is -6.04. The molecule has 4 rings (SSSR count). The first kappa shape index (κ1) is 33.6. The van der Waals surface area contributed by atoms with Crippen molar-refractivity contribution >= 4 is 29.4 Å². The van der Waals surface area contributed by atoms with Crippen molar-refractivity contribution < 1.29 is 79.3 Å². The lowest BCUT2D eigenvalue weighted by Crippen LogP contribution is -2.67. The van der Waals surface area contributed by atoms with Gasteiger partial charge in [-0.15, -0.1) is 0 Å². The Balaban J connectivity index is 1.53. The number of para-hydroxylation sites is 1. The zero-order chi connectivity index (χ0) is 32.5. The van der Waals surface area contributed by atoms with Crippen molar-refractivity contribution in [3.63, 3.8) is 0 Å². The Morgan fingerprint density at radius 3 is 2.16 bits per heavy atom. The number of hydrogen-bond acceptors (Lipinski definition) is 14. The molecule has 18 heteroatoms. The number of aliphatic hydroxyl groups is 7. The zero-order valence-electron chi connectivity index (χ0n) is 22.9. The van der Waals surface area contributed by atoms with E-state index in [1.54, 1.807) is 6.07 Å². The Labute approximate surface area is 248 Å². The summed E-state index contributed by atoms with van der Waals surface area (Å²) in [7, 11) is 0. The van der Waals surface area contributed by atoms with Crippen LogP contribution in [0.5, 0.6) is 0 Å². The van der Waals surface area contributed by atoms with Crippen molar-refractivity contribution in [2.24, 2.45) is 0 Å². The molecule has 2 saturated heterocycles. The van der Waals surface area contributed by atoms with Gasteiger partial charge in [-0.25, -0.2) is 4.79 Å². The van der Waals surface area contributed by atoms with E-state index in [-0.39, 0.29) is 11.3 Å². The molecule has 0 bridgehead atoms. The molecule has 3 aliphatic rings. The number of nitrogens with one attached hydrogen (secondary N) is 1. The third kappa shape index (κ3) is 6.54. The van der Waals surface area contributed by atoms with E-state index in [0.29, 0.717) is 0 Å². The van der Waals surface area contributed by atoms with Gasteiger partial charge in [-0.3, -0.25) is 19.3 Å². The predicted octanol–water partition coefficient (Wildman–Crippen LogP) is -4.82. The van der Waals surface area contributed by atoms with Crippen LogP contribution in [0.25, 0.3) is 0 Å². The molecule has 18 nitrogen and oxygen atoms in total. The summed E-state index contributed by atoms with van der Waals surface area (Å²) in [6, 6.07) is 4.29. The van der Waals surface area contributed by atoms with Crippen LogP contribution in [-0.4, -0.2) is 150 Å². The van der Waals surface area contributed by atoms with Gasteiger partial charge in [0.1, 0.15) is 54.9 Å². The molecule has 1 unspecified atom stereocenters. The Morgan fingerprint density at radius 2 is 1.55 bits per heavy atom. The Bertz CT molecular complexity index is 1230. The number of carbonyl (C=O) groups excluding carboxylic acids is 2. The molecular weight excluding hydrogens is 596 g/mol. The maximum absolute atomic E-state index is 13.7. The van der Waals surface area contributed by atoms with Crippen molar-refractivity contribution in [2.45, 2.75) is 86.2 Å². The number of carbonyl (C=O) groups is 4. The summed E-state index contributed by atoms with van der Waals surface area (Å²) < 4.78 is 16.6. The molecule has 3 heterocycles. The standard InChI is InChI=1S/C26H34N2O16/c29-7-13-17(34)18(35)21(38)26(43-13)44-22-14(8-30)42-24(20(37)19(22)36)28-12-4-2-1-3-9(12)10(23(28)39)5-15(31)27-11(25(40)41)6-16(32)33/h1-4,10-11,13-14,17-22,24,26,29-30,34-38H,5-8H2,(H,27,31)(H,32,33)(H,40,41)/t10?,11-,13+,14+,17+,18-,19+,20+,21+,22+,24+,26-/m0/s1. The Hall–Kier alpha value is -3.30. The molecule has 3 aliphatic heterocycles. The van der Waals surface area contributed by atoms with Crippen LogP contribution in [0.3, 0.4) is 0 Å². The summed E-state index contributed by atoms with van der Waals surface area (Å²) in [5.41, 5.74) is 0.445. The third-order valence-electron chi connectivity index (χ3n) is 7.74. The van der Waals surface area contributed by atoms with Crippen molar-refractivity contribution in [3.8, 4) is 0 Å². The molecule has 10 N–H and O–H groups in total. The van der Waals surface area contributed by atoms with Gasteiger partial charge in [0.05, 0.1) is 31.2 Å². The summed E-state index contributed by atoms with van der Waals surface area (Å²) >= 11 is 0. The highest BCUT2D eigenvalue weighted by Gasteiger charge is 2.54. The fourth-order valence-electron chi connectivity index (χ4n) is 5.48. The quantitative estimate of drug-likeness (QED) is 0.110. The summed E-state index contributed by atoms with van der Waals surface area (Å²) in [5, 5.41) is 92.2. The average Bonchev–Trinajstić information content (AvgIpc) is 3.25. The maximum Gasteiger partial charge on any atom is 0.326 e. The SMILES string of the molecule is O=C(O)C[C@H](NC(=O)CC1C(=O)N([C@@H]2O[C@H](CO)[C@@H](O[C@@H]3O[C@H](CO)[C@@H](O)[C@H](O)[C@H]3O)[C@H](O)[C@H]2O)c2ccccc21)C(=O)O. The lowest BCUT2D eigenvalue weighted by Gasteiger charge is -2.47. The molecule has 44 heavy (non-hydrogen) atoms. The predicted molar refractivity (Wildman–Crippen MR) is 140 cm³/mol. The van der Waals surface area contributed by atoms with Gasteiger partial charge in [-0.2, -0.15) is 0 Å². The smallest absolute Gasteiger partial charge is 0.326 e. The fourth-order valence-corrected chi connectivity index (χ4v) is 5.48. The van der Waals surface area contributed by atoms with Crippen LogP contribution in [0.15, 0.2) is 24.3 Å². The van der Waals surface area contributed by atoms with Crippen LogP contribution in [0.1, 0.15) is 24.3 Å². The first-order valence-electron chi connectivity index (χ1n) is 13.5. The molecular formula is C26H34N2O16. The van der Waals surface area contributed by atoms with Crippen LogP contribution >= 0.6 is 0 Å². The summed E-state index contributed by atoms with van der Waals surface area (Å²) in [6.45, 7) is -1.62. The zero-order valence-corrected chi connectivity index (χ0v) is 22.9. The van der Waals surface area contributed by atoms with Crippen molar-refractivity contribution in [2.75, 3.05) is 18.1 Å². The lowest BCUT2D eigenvalue weighted by molar-refractivity contribution is -0.341. The molecule has 244 valence electrons. The number of anilines is 1. The largest absolute Gasteiger partial charge is 0.481 e. The summed E-state index contributed by atoms with van der Waals surface area (Å²) in [4.78, 5) is 49.7. The second-order valence-corrected chi connectivity index (χ2v) is 10.6. The summed E-state index contributed by atoms with van der Waals surface area (Å²) in [6.07, 6.45) is -18.6. The molecule has 0 aromatic heterocycles. The van der Waals surface area contributed by atoms with E-state index in [4.69, 9.17) is 19.3 Å². The number of aliphatic carboxylic acids is 2. The first-order chi connectivity index (χ1) is 20.8. The minimum atomic E-state index is -1.93. The number of aliphatic hydroxyl groups excluding tert-OH is 7. The van der Waals surface area contributed by atoms with Gasteiger partial charge in [-0.1, -0.05) is 18.2 Å². The number of rotatable bonds is 11. The number of carboxylic acid groups (broad SMARTS) is 2. The van der Waals surface area contributed by atoms with Crippen LogP contribution in [0, 0.1) is 0 Å². The van der Waals surface area contributed by atoms with Gasteiger partial charge in [-0.05, 0) is 11.6 Å². The number of carboxylic acids is 2. The van der Waals surface area contributed by atoms with E-state index in [0.717, 1.165) is 4.90 Å². The molecule has 1 aromatic rings. The molecule has 0 saturated carbocycles. The van der Waals surface area contributed by atoms with Gasteiger partial charge in [0.2, 0.25) is 11.8 Å². The van der Waals surface area contributed by atoms with E-state index in [2.05, 4.69) is 5.32 Å². The normalized spacial score (nSPS) is 36.0. The number of fused-ring (bicyclic) bond motifs is 1. The lowest BCUT2D eigenvalue weighted by atomic mass is 9.96. The van der Waals surface area contributed by atoms with Gasteiger partial charge < -0.3 is 65.5 Å². The Kier molecular flexibility index (Phi) is 10.5. The van der Waals surface area contributed by atoms with Crippen LogP contribution in [0.2, 0.25) is 0 Å². The van der Waals surface area contributed by atoms with Gasteiger partial charge in [0.25, 0.3) is 0 Å². The molecule has 0 spiro atoms. The monoisotopic (exact) mass is 630 g/mol. The number of ether oxygens (including phenoxy) is 3. The van der Waals surface area contributed by atoms with Crippen LogP contribution in [-0.2, 0) is 33.4 Å². The highest BCUT2D eigenvalue weighted by molar-refractivity contribution is 6.07. The molecule has 2 fully saturated rings. The molecule has 12 atom stereocenters. The van der Waals surface area contributed by atoms with Crippen LogP contribution in [0.4, 0.5) is 5.69 Å². The van der Waals surface area contributed by atoms with Crippen molar-refractivity contribution in [1.29, 1.82) is 0 Å². The number of amides is 2. The second kappa shape index (κ2) is 13.8. The molecule has 2 amide bonds. The minimum Gasteiger partial charge on any atom is -0.481 e. The fraction of sp³-hybridized carbons (Fsp3) is 0.615. The van der Waals surface area contributed by atoms with E-state index >= 15 is 0 Å². The Morgan fingerprint density at radius 1 is 0.886 bits per heavy atom. The topological polar surface area (TPSA) is 293 Å². The second-order valence-electron chi connectivity index (χ2n) is 10.6. The van der Waals surface area contributed by atoms with E-state index in [1.165, 1.54) is 18.2 Å². The first-order valence-corrected chi connectivity index (χ1v) is 13.5. The van der Waals surface area contributed by atoms with Gasteiger partial charge in [0, 0.05) is 6.42 Å². The molecule has 1 aromatic carbocycles.